The average molecular weight is 281 g/mol. The predicted molar refractivity (Wildman–Crippen MR) is 67.4 cm³/mol. The molecule has 0 aliphatic heterocycles. The molecule has 5 nitrogen and oxygen atoms in total. The van der Waals surface area contributed by atoms with Crippen LogP contribution in [0.25, 0.3) is 11.0 Å². The van der Waals surface area contributed by atoms with Gasteiger partial charge in [-0.05, 0) is 18.2 Å². The number of aryl methyl sites for hydroxylation is 1. The van der Waals surface area contributed by atoms with Crippen molar-refractivity contribution >= 4 is 22.6 Å². The first-order chi connectivity index (χ1) is 9.17. The Morgan fingerprint density at radius 2 is 2.21 bits per heavy atom. The van der Waals surface area contributed by atoms with E-state index in [1.54, 1.807) is 17.6 Å². The molecule has 0 bridgehead atoms. The molecule has 19 heavy (non-hydrogen) atoms. The minimum Gasteiger partial charge on any atom is -0.340 e. The molecular formula is C12H10ClFN4O. The molecule has 2 aromatic heterocycles. The molecule has 0 N–H and O–H groups in total. The number of halogens is 2. The van der Waals surface area contributed by atoms with Gasteiger partial charge in [0.05, 0.1) is 23.5 Å². The minimum atomic E-state index is -0.320. The first-order valence-corrected chi connectivity index (χ1v) is 6.20. The fraction of sp³-hybridized carbons (Fsp3) is 0.250. The summed E-state index contributed by atoms with van der Waals surface area (Å²) in [4.78, 5) is 8.48. The number of hydrogen-bond donors (Lipinski definition) is 0. The normalized spacial score (nSPS) is 11.3. The van der Waals surface area contributed by atoms with Crippen LogP contribution in [0.1, 0.15) is 17.5 Å². The highest BCUT2D eigenvalue weighted by molar-refractivity contribution is 6.16. The molecule has 3 aromatic rings. The van der Waals surface area contributed by atoms with Gasteiger partial charge in [0.2, 0.25) is 5.89 Å². The van der Waals surface area contributed by atoms with Gasteiger partial charge < -0.3 is 9.09 Å². The van der Waals surface area contributed by atoms with E-state index in [-0.39, 0.29) is 11.7 Å². The molecule has 0 unspecified atom stereocenters. The van der Waals surface area contributed by atoms with E-state index in [0.717, 1.165) is 0 Å². The van der Waals surface area contributed by atoms with Crippen molar-refractivity contribution in [2.24, 2.45) is 0 Å². The van der Waals surface area contributed by atoms with Crippen LogP contribution in [0.2, 0.25) is 0 Å². The highest BCUT2D eigenvalue weighted by atomic mass is 35.5. The first kappa shape index (κ1) is 12.1. The fourth-order valence-corrected chi connectivity index (χ4v) is 2.18. The smallest absolute Gasteiger partial charge is 0.223 e. The number of fused-ring (bicyclic) bond motifs is 1. The van der Waals surface area contributed by atoms with Crippen LogP contribution >= 0.6 is 11.6 Å². The summed E-state index contributed by atoms with van der Waals surface area (Å²) in [6, 6.07) is 4.42. The molecule has 0 atom stereocenters. The summed E-state index contributed by atoms with van der Waals surface area (Å²) in [7, 11) is 0. The highest BCUT2D eigenvalue weighted by Crippen LogP contribution is 2.19. The Morgan fingerprint density at radius 1 is 1.37 bits per heavy atom. The van der Waals surface area contributed by atoms with Crippen molar-refractivity contribution in [3.63, 3.8) is 0 Å². The Balaban J connectivity index is 2.12. The zero-order chi connectivity index (χ0) is 13.4. The van der Waals surface area contributed by atoms with Crippen LogP contribution < -0.4 is 0 Å². The van der Waals surface area contributed by atoms with Crippen LogP contribution in [0, 0.1) is 12.7 Å². The summed E-state index contributed by atoms with van der Waals surface area (Å²) in [5, 5.41) is 3.82. The number of rotatable bonds is 3. The van der Waals surface area contributed by atoms with E-state index in [2.05, 4.69) is 15.1 Å². The molecule has 0 fully saturated rings. The third kappa shape index (κ3) is 2.19. The van der Waals surface area contributed by atoms with Crippen molar-refractivity contribution < 1.29 is 8.91 Å². The van der Waals surface area contributed by atoms with Crippen LogP contribution in [0.5, 0.6) is 0 Å². The van der Waals surface area contributed by atoms with Gasteiger partial charge in [0.25, 0.3) is 0 Å². The largest absolute Gasteiger partial charge is 0.340 e. The van der Waals surface area contributed by atoms with E-state index < -0.39 is 0 Å². The summed E-state index contributed by atoms with van der Waals surface area (Å²) in [6.07, 6.45) is 0. The topological polar surface area (TPSA) is 56.7 Å². The monoisotopic (exact) mass is 280 g/mol. The number of imidazole rings is 1. The van der Waals surface area contributed by atoms with Gasteiger partial charge in [-0.1, -0.05) is 5.16 Å². The second kappa shape index (κ2) is 4.62. The van der Waals surface area contributed by atoms with Gasteiger partial charge in [-0.15, -0.1) is 11.6 Å². The van der Waals surface area contributed by atoms with Gasteiger partial charge in [-0.2, -0.15) is 4.98 Å². The number of nitrogens with zero attached hydrogens (tertiary/aromatic N) is 4. The lowest BCUT2D eigenvalue weighted by Crippen LogP contribution is -2.05. The molecule has 0 spiro atoms. The maximum absolute atomic E-state index is 13.3. The molecule has 0 radical (unpaired) electrons. The summed E-state index contributed by atoms with van der Waals surface area (Å²) < 4.78 is 20.1. The molecule has 0 aliphatic rings. The standard InChI is InChI=1S/C12H10ClFN4O/c1-7-15-11(17-19-7)6-18-10-4-8(14)2-3-9(10)16-12(18)5-13/h2-4H,5-6H2,1H3. The van der Waals surface area contributed by atoms with E-state index >= 15 is 0 Å². The second-order valence-corrected chi connectivity index (χ2v) is 4.38. The van der Waals surface area contributed by atoms with Crippen molar-refractivity contribution in [2.75, 3.05) is 0 Å². The van der Waals surface area contributed by atoms with Gasteiger partial charge in [0, 0.05) is 6.92 Å². The zero-order valence-corrected chi connectivity index (χ0v) is 10.9. The van der Waals surface area contributed by atoms with Crippen LogP contribution in [0.4, 0.5) is 4.39 Å². The molecule has 0 saturated heterocycles. The maximum atomic E-state index is 13.3. The highest BCUT2D eigenvalue weighted by Gasteiger charge is 2.13. The van der Waals surface area contributed by atoms with Crippen LogP contribution in [0.3, 0.4) is 0 Å². The number of aromatic nitrogens is 4. The molecule has 0 amide bonds. The zero-order valence-electron chi connectivity index (χ0n) is 10.1. The third-order valence-corrected chi connectivity index (χ3v) is 3.02. The SMILES string of the molecule is Cc1nc(Cn2c(CCl)nc3ccc(F)cc32)no1. The molecule has 3 rings (SSSR count). The Bertz CT molecular complexity index is 736. The van der Waals surface area contributed by atoms with E-state index in [4.69, 9.17) is 16.1 Å². The lowest BCUT2D eigenvalue weighted by atomic mass is 10.3. The van der Waals surface area contributed by atoms with Crippen molar-refractivity contribution in [1.29, 1.82) is 0 Å². The molecule has 0 saturated carbocycles. The molecule has 1 aromatic carbocycles. The van der Waals surface area contributed by atoms with E-state index in [9.17, 15) is 4.39 Å². The molecule has 7 heteroatoms. The van der Waals surface area contributed by atoms with Crippen LogP contribution in [-0.2, 0) is 12.4 Å². The molecule has 0 aliphatic carbocycles. The van der Waals surface area contributed by atoms with Crippen LogP contribution in [-0.4, -0.2) is 19.7 Å². The molecular weight excluding hydrogens is 271 g/mol. The number of benzene rings is 1. The van der Waals surface area contributed by atoms with Gasteiger partial charge in [-0.25, -0.2) is 9.37 Å². The lowest BCUT2D eigenvalue weighted by molar-refractivity contribution is 0.386. The van der Waals surface area contributed by atoms with E-state index in [1.807, 2.05) is 0 Å². The summed E-state index contributed by atoms with van der Waals surface area (Å²) in [5.41, 5.74) is 1.36. The predicted octanol–water partition coefficient (Wildman–Crippen LogP) is 2.65. The minimum absolute atomic E-state index is 0.229. The Kier molecular flexibility index (Phi) is 2.94. The Labute approximate surface area is 113 Å². The summed E-state index contributed by atoms with van der Waals surface area (Å²) in [5.74, 6) is 1.54. The van der Waals surface area contributed by atoms with Gasteiger partial charge in [0.1, 0.15) is 11.6 Å². The van der Waals surface area contributed by atoms with E-state index in [0.29, 0.717) is 35.1 Å². The maximum Gasteiger partial charge on any atom is 0.223 e. The number of alkyl halides is 1. The Morgan fingerprint density at radius 3 is 2.89 bits per heavy atom. The second-order valence-electron chi connectivity index (χ2n) is 4.11. The quantitative estimate of drug-likeness (QED) is 0.692. The molecule has 98 valence electrons. The average Bonchev–Trinajstić information content (AvgIpc) is 2.94. The number of hydrogen-bond acceptors (Lipinski definition) is 4. The van der Waals surface area contributed by atoms with Crippen molar-refractivity contribution in [3.05, 3.63) is 41.6 Å². The fourth-order valence-electron chi connectivity index (χ4n) is 1.97. The van der Waals surface area contributed by atoms with Crippen molar-refractivity contribution in [2.45, 2.75) is 19.3 Å². The van der Waals surface area contributed by atoms with Gasteiger partial charge in [-0.3, -0.25) is 0 Å². The first-order valence-electron chi connectivity index (χ1n) is 5.67. The van der Waals surface area contributed by atoms with E-state index in [1.165, 1.54) is 12.1 Å². The summed E-state index contributed by atoms with van der Waals surface area (Å²) in [6.45, 7) is 2.06. The third-order valence-electron chi connectivity index (χ3n) is 2.78. The molecule has 2 heterocycles. The lowest BCUT2D eigenvalue weighted by Gasteiger charge is -2.04. The summed E-state index contributed by atoms with van der Waals surface area (Å²) >= 11 is 5.87. The van der Waals surface area contributed by atoms with Crippen molar-refractivity contribution in [1.82, 2.24) is 19.7 Å². The van der Waals surface area contributed by atoms with Gasteiger partial charge >= 0.3 is 0 Å². The van der Waals surface area contributed by atoms with Crippen molar-refractivity contribution in [3.8, 4) is 0 Å². The van der Waals surface area contributed by atoms with Gasteiger partial charge in [0.15, 0.2) is 5.82 Å². The Hall–Kier alpha value is -1.95. The van der Waals surface area contributed by atoms with Crippen LogP contribution in [0.15, 0.2) is 22.7 Å².